The largest absolute Gasteiger partial charge is 0.364 e. The van der Waals surface area contributed by atoms with Crippen molar-refractivity contribution in [3.8, 4) is 0 Å². The maximum atomic E-state index is 4.89. The maximum Gasteiger partial charge on any atom is 0.193 e. The van der Waals surface area contributed by atoms with E-state index >= 15 is 0 Å². The topological polar surface area (TPSA) is 56.9 Å². The first-order valence-corrected chi connectivity index (χ1v) is 8.89. The average Bonchev–Trinajstić information content (AvgIpc) is 3.02. The highest BCUT2D eigenvalue weighted by molar-refractivity contribution is 14.0. The fraction of sp³-hybridized carbons (Fsp3) is 0.733. The van der Waals surface area contributed by atoms with Crippen molar-refractivity contribution in [3.63, 3.8) is 0 Å². The molecule has 0 amide bonds. The molecule has 1 fully saturated rings. The number of nitrogens with one attached hydrogen (secondary N) is 1. The average molecular weight is 453 g/mol. The molecule has 2 heterocycles. The Morgan fingerprint density at radius 3 is 2.61 bits per heavy atom. The standard InChI is InChI=1S/C15H27N5OS.HI/c1-15(2,22-4)12-17-14(16-3)20-8-6-19(7-9-20)11-13-5-10-21-18-13;/h5,10H,6-9,11-12H2,1-4H3,(H,16,17);1H. The third-order valence-corrected chi connectivity index (χ3v) is 5.23. The molecule has 0 aliphatic carbocycles. The zero-order valence-electron chi connectivity index (χ0n) is 14.4. The van der Waals surface area contributed by atoms with Crippen LogP contribution in [0.2, 0.25) is 0 Å². The van der Waals surface area contributed by atoms with E-state index in [1.165, 1.54) is 0 Å². The lowest BCUT2D eigenvalue weighted by atomic mass is 10.2. The van der Waals surface area contributed by atoms with Crippen molar-refractivity contribution in [1.82, 2.24) is 20.3 Å². The van der Waals surface area contributed by atoms with E-state index < -0.39 is 0 Å². The van der Waals surface area contributed by atoms with Gasteiger partial charge < -0.3 is 14.7 Å². The molecular weight excluding hydrogens is 425 g/mol. The second kappa shape index (κ2) is 9.73. The smallest absolute Gasteiger partial charge is 0.193 e. The van der Waals surface area contributed by atoms with Gasteiger partial charge in [0.15, 0.2) is 5.96 Å². The van der Waals surface area contributed by atoms with Gasteiger partial charge in [-0.05, 0) is 20.1 Å². The summed E-state index contributed by atoms with van der Waals surface area (Å²) in [5, 5.41) is 7.48. The van der Waals surface area contributed by atoms with Gasteiger partial charge >= 0.3 is 0 Å². The highest BCUT2D eigenvalue weighted by atomic mass is 127. The van der Waals surface area contributed by atoms with Crippen LogP contribution in [-0.2, 0) is 6.54 Å². The maximum absolute atomic E-state index is 4.89. The molecule has 0 bridgehead atoms. The van der Waals surface area contributed by atoms with Gasteiger partial charge in [0.05, 0.1) is 5.69 Å². The Morgan fingerprint density at radius 2 is 2.09 bits per heavy atom. The quantitative estimate of drug-likeness (QED) is 0.419. The first-order valence-electron chi connectivity index (χ1n) is 7.66. The van der Waals surface area contributed by atoms with Crippen LogP contribution >= 0.6 is 35.7 Å². The van der Waals surface area contributed by atoms with E-state index in [4.69, 9.17) is 4.52 Å². The lowest BCUT2D eigenvalue weighted by Gasteiger charge is -2.37. The lowest BCUT2D eigenvalue weighted by Crippen LogP contribution is -2.53. The zero-order chi connectivity index (χ0) is 16.0. The van der Waals surface area contributed by atoms with Crippen molar-refractivity contribution in [1.29, 1.82) is 0 Å². The SMILES string of the molecule is CN=C(NCC(C)(C)SC)N1CCN(Cc2ccon2)CC1.I. The van der Waals surface area contributed by atoms with Crippen molar-refractivity contribution >= 4 is 41.7 Å². The summed E-state index contributed by atoms with van der Waals surface area (Å²) in [5.41, 5.74) is 0.998. The summed E-state index contributed by atoms with van der Waals surface area (Å²) in [6.45, 7) is 10.3. The van der Waals surface area contributed by atoms with E-state index in [1.54, 1.807) is 6.26 Å². The molecule has 0 aromatic carbocycles. The number of rotatable bonds is 5. The Balaban J connectivity index is 0.00000264. The fourth-order valence-corrected chi connectivity index (χ4v) is 2.58. The number of piperazine rings is 1. The Kier molecular flexibility index (Phi) is 8.70. The van der Waals surface area contributed by atoms with Crippen LogP contribution in [0.25, 0.3) is 0 Å². The minimum absolute atomic E-state index is 0. The molecule has 6 nitrogen and oxygen atoms in total. The Labute approximate surface area is 160 Å². The van der Waals surface area contributed by atoms with Crippen LogP contribution in [0.1, 0.15) is 19.5 Å². The van der Waals surface area contributed by atoms with Gasteiger partial charge in [-0.2, -0.15) is 11.8 Å². The van der Waals surface area contributed by atoms with Gasteiger partial charge in [-0.25, -0.2) is 0 Å². The van der Waals surface area contributed by atoms with Crippen molar-refractivity contribution in [2.24, 2.45) is 4.99 Å². The molecule has 1 saturated heterocycles. The second-order valence-corrected chi connectivity index (χ2v) is 7.63. The van der Waals surface area contributed by atoms with Crippen molar-refractivity contribution < 1.29 is 4.52 Å². The fourth-order valence-electron chi connectivity index (χ4n) is 2.36. The third-order valence-electron chi connectivity index (χ3n) is 3.99. The number of guanidine groups is 1. The molecular formula is C15H28IN5OS. The summed E-state index contributed by atoms with van der Waals surface area (Å²) in [4.78, 5) is 9.15. The first-order chi connectivity index (χ1) is 10.5. The second-order valence-electron chi connectivity index (χ2n) is 6.12. The van der Waals surface area contributed by atoms with Crippen LogP contribution in [0, 0.1) is 0 Å². The molecule has 23 heavy (non-hydrogen) atoms. The van der Waals surface area contributed by atoms with Crippen molar-refractivity contribution in [2.45, 2.75) is 25.1 Å². The minimum atomic E-state index is 0. The molecule has 2 rings (SSSR count). The van der Waals surface area contributed by atoms with Gasteiger partial charge in [0, 0.05) is 57.1 Å². The molecule has 1 N–H and O–H groups in total. The molecule has 0 saturated carbocycles. The van der Waals surface area contributed by atoms with E-state index in [0.29, 0.717) is 0 Å². The number of hydrogen-bond acceptors (Lipinski definition) is 5. The predicted molar refractivity (Wildman–Crippen MR) is 108 cm³/mol. The number of nitrogens with zero attached hydrogens (tertiary/aromatic N) is 4. The lowest BCUT2D eigenvalue weighted by molar-refractivity contribution is 0.169. The summed E-state index contributed by atoms with van der Waals surface area (Å²) in [6, 6.07) is 1.93. The molecule has 1 aromatic rings. The molecule has 0 unspecified atom stereocenters. The Morgan fingerprint density at radius 1 is 1.39 bits per heavy atom. The molecule has 1 aliphatic heterocycles. The number of hydrogen-bond donors (Lipinski definition) is 1. The van der Waals surface area contributed by atoms with Gasteiger partial charge in [-0.15, -0.1) is 24.0 Å². The van der Waals surface area contributed by atoms with Crippen molar-refractivity contribution in [3.05, 3.63) is 18.0 Å². The molecule has 8 heteroatoms. The van der Waals surface area contributed by atoms with Crippen LogP contribution in [0.15, 0.2) is 21.8 Å². The van der Waals surface area contributed by atoms with Crippen molar-refractivity contribution in [2.75, 3.05) is 46.0 Å². The van der Waals surface area contributed by atoms with Gasteiger partial charge in [0.1, 0.15) is 6.26 Å². The minimum Gasteiger partial charge on any atom is -0.364 e. The molecule has 1 aromatic heterocycles. The molecule has 0 spiro atoms. The number of thioether (sulfide) groups is 1. The van der Waals surface area contributed by atoms with E-state index in [1.807, 2.05) is 24.9 Å². The van der Waals surface area contributed by atoms with Crippen LogP contribution in [0.3, 0.4) is 0 Å². The van der Waals surface area contributed by atoms with E-state index in [-0.39, 0.29) is 28.7 Å². The Bertz CT molecular complexity index is 472. The highest BCUT2D eigenvalue weighted by Crippen LogP contribution is 2.19. The van der Waals surface area contributed by atoms with E-state index in [9.17, 15) is 0 Å². The summed E-state index contributed by atoms with van der Waals surface area (Å²) in [6.07, 6.45) is 3.78. The first kappa shape index (κ1) is 20.6. The van der Waals surface area contributed by atoms with E-state index in [0.717, 1.165) is 50.9 Å². The zero-order valence-corrected chi connectivity index (χ0v) is 17.6. The summed E-state index contributed by atoms with van der Waals surface area (Å²) >= 11 is 1.87. The summed E-state index contributed by atoms with van der Waals surface area (Å²) < 4.78 is 5.10. The molecule has 0 atom stereocenters. The van der Waals surface area contributed by atoms with Crippen LogP contribution in [0.4, 0.5) is 0 Å². The predicted octanol–water partition coefficient (Wildman–Crippen LogP) is 2.13. The Hall–Kier alpha value is -0.480. The number of aromatic nitrogens is 1. The number of halogens is 1. The molecule has 132 valence electrons. The summed E-state index contributed by atoms with van der Waals surface area (Å²) in [7, 11) is 1.86. The van der Waals surface area contributed by atoms with Crippen LogP contribution in [0.5, 0.6) is 0 Å². The number of aliphatic imine (C=N–C) groups is 1. The third kappa shape index (κ3) is 6.50. The summed E-state index contributed by atoms with van der Waals surface area (Å²) in [5.74, 6) is 1.00. The van der Waals surface area contributed by atoms with Gasteiger partial charge in [0.2, 0.25) is 0 Å². The molecule has 1 aliphatic rings. The van der Waals surface area contributed by atoms with Gasteiger partial charge in [0.25, 0.3) is 0 Å². The van der Waals surface area contributed by atoms with Crippen LogP contribution < -0.4 is 5.32 Å². The van der Waals surface area contributed by atoms with Crippen LogP contribution in [-0.4, -0.2) is 71.7 Å². The monoisotopic (exact) mass is 453 g/mol. The van der Waals surface area contributed by atoms with Gasteiger partial charge in [-0.3, -0.25) is 9.89 Å². The highest BCUT2D eigenvalue weighted by Gasteiger charge is 2.22. The van der Waals surface area contributed by atoms with Gasteiger partial charge in [-0.1, -0.05) is 5.16 Å². The van der Waals surface area contributed by atoms with E-state index in [2.05, 4.69) is 45.4 Å². The molecule has 0 radical (unpaired) electrons. The normalized spacial score (nSPS) is 17.0.